The summed E-state index contributed by atoms with van der Waals surface area (Å²) >= 11 is 2.02. The number of thioether (sulfide) groups is 1. The molecule has 1 N–H and O–H groups in total. The lowest BCUT2D eigenvalue weighted by molar-refractivity contribution is 0.659. The van der Waals surface area contributed by atoms with Crippen LogP contribution in [0.25, 0.3) is 0 Å². The van der Waals surface area contributed by atoms with Crippen molar-refractivity contribution in [2.75, 3.05) is 30.0 Å². The summed E-state index contributed by atoms with van der Waals surface area (Å²) in [5.74, 6) is 3.32. The van der Waals surface area contributed by atoms with Crippen LogP contribution >= 0.6 is 11.8 Å². The third-order valence-electron chi connectivity index (χ3n) is 3.58. The van der Waals surface area contributed by atoms with Gasteiger partial charge in [0.1, 0.15) is 0 Å². The summed E-state index contributed by atoms with van der Waals surface area (Å²) in [6, 6.07) is 0.591. The lowest BCUT2D eigenvalue weighted by atomic mass is 10.2. The van der Waals surface area contributed by atoms with E-state index in [9.17, 15) is 0 Å². The Morgan fingerprint density at radius 2 is 2.37 bits per heavy atom. The Kier molecular flexibility index (Phi) is 5.45. The highest BCUT2D eigenvalue weighted by Gasteiger charge is 2.22. The van der Waals surface area contributed by atoms with Crippen LogP contribution < -0.4 is 10.2 Å². The van der Waals surface area contributed by atoms with Crippen LogP contribution in [0.1, 0.15) is 31.0 Å². The molecule has 1 fully saturated rings. The molecule has 106 valence electrons. The molecule has 1 aliphatic rings. The number of rotatable bonds is 6. The minimum atomic E-state index is 0.591. The highest BCUT2D eigenvalue weighted by Crippen LogP contribution is 2.24. The molecule has 2 heterocycles. The van der Waals surface area contributed by atoms with Crippen molar-refractivity contribution in [2.45, 2.75) is 39.3 Å². The Labute approximate surface area is 120 Å². The lowest BCUT2D eigenvalue weighted by Gasteiger charge is -2.24. The van der Waals surface area contributed by atoms with Crippen LogP contribution in [0.4, 0.5) is 5.95 Å². The molecule has 0 amide bonds. The zero-order valence-electron chi connectivity index (χ0n) is 12.1. The van der Waals surface area contributed by atoms with E-state index in [0.29, 0.717) is 6.04 Å². The summed E-state index contributed by atoms with van der Waals surface area (Å²) < 4.78 is 0. The third-order valence-corrected chi connectivity index (χ3v) is 4.72. The van der Waals surface area contributed by atoms with Crippen molar-refractivity contribution < 1.29 is 0 Å². The Bertz CT molecular complexity index is 404. The SMILES string of the molecule is CCCNCc1cnc(N(C)C2CCSC2)nc1C. The first-order valence-electron chi connectivity index (χ1n) is 7.06. The molecule has 1 saturated heterocycles. The molecule has 19 heavy (non-hydrogen) atoms. The van der Waals surface area contributed by atoms with E-state index >= 15 is 0 Å². The zero-order valence-corrected chi connectivity index (χ0v) is 13.0. The second-order valence-corrected chi connectivity index (χ2v) is 6.24. The van der Waals surface area contributed by atoms with E-state index in [-0.39, 0.29) is 0 Å². The molecular formula is C14H24N4S. The van der Waals surface area contributed by atoms with Gasteiger partial charge in [-0.2, -0.15) is 11.8 Å². The minimum Gasteiger partial charge on any atom is -0.340 e. The van der Waals surface area contributed by atoms with Crippen molar-refractivity contribution >= 4 is 17.7 Å². The minimum absolute atomic E-state index is 0.591. The normalized spacial score (nSPS) is 18.8. The van der Waals surface area contributed by atoms with Crippen LogP contribution in [0.2, 0.25) is 0 Å². The molecule has 5 heteroatoms. The van der Waals surface area contributed by atoms with Crippen LogP contribution in [-0.4, -0.2) is 41.1 Å². The van der Waals surface area contributed by atoms with E-state index in [0.717, 1.165) is 31.2 Å². The molecule has 0 aliphatic carbocycles. The molecule has 4 nitrogen and oxygen atoms in total. The third kappa shape index (κ3) is 3.83. The van der Waals surface area contributed by atoms with Crippen molar-refractivity contribution in [2.24, 2.45) is 0 Å². The Morgan fingerprint density at radius 3 is 3.00 bits per heavy atom. The molecular weight excluding hydrogens is 256 g/mol. The number of anilines is 1. The largest absolute Gasteiger partial charge is 0.340 e. The molecule has 1 aromatic heterocycles. The topological polar surface area (TPSA) is 41.1 Å². The molecule has 0 bridgehead atoms. The maximum Gasteiger partial charge on any atom is 0.225 e. The number of nitrogens with one attached hydrogen (secondary N) is 1. The fourth-order valence-corrected chi connectivity index (χ4v) is 3.48. The summed E-state index contributed by atoms with van der Waals surface area (Å²) in [5, 5.41) is 3.40. The smallest absolute Gasteiger partial charge is 0.225 e. The summed E-state index contributed by atoms with van der Waals surface area (Å²) in [4.78, 5) is 11.4. The number of aromatic nitrogens is 2. The highest BCUT2D eigenvalue weighted by molar-refractivity contribution is 7.99. The lowest BCUT2D eigenvalue weighted by Crippen LogP contribution is -2.33. The molecule has 1 atom stereocenters. The average Bonchev–Trinajstić information content (AvgIpc) is 2.94. The van der Waals surface area contributed by atoms with Gasteiger partial charge < -0.3 is 10.2 Å². The molecule has 1 unspecified atom stereocenters. The average molecular weight is 280 g/mol. The highest BCUT2D eigenvalue weighted by atomic mass is 32.2. The number of nitrogens with zero attached hydrogens (tertiary/aromatic N) is 3. The summed E-state index contributed by atoms with van der Waals surface area (Å²) in [5.41, 5.74) is 2.29. The van der Waals surface area contributed by atoms with Crippen molar-refractivity contribution in [3.63, 3.8) is 0 Å². The number of aryl methyl sites for hydroxylation is 1. The van der Waals surface area contributed by atoms with E-state index in [4.69, 9.17) is 0 Å². The maximum atomic E-state index is 4.66. The fraction of sp³-hybridized carbons (Fsp3) is 0.714. The van der Waals surface area contributed by atoms with Crippen molar-refractivity contribution in [1.29, 1.82) is 0 Å². The van der Waals surface area contributed by atoms with Gasteiger partial charge in [-0.1, -0.05) is 6.92 Å². The van der Waals surface area contributed by atoms with Crippen molar-refractivity contribution in [1.82, 2.24) is 15.3 Å². The van der Waals surface area contributed by atoms with Gasteiger partial charge in [0, 0.05) is 42.8 Å². The summed E-state index contributed by atoms with van der Waals surface area (Å²) in [6.45, 7) is 6.16. The first-order valence-corrected chi connectivity index (χ1v) is 8.21. The van der Waals surface area contributed by atoms with Gasteiger partial charge >= 0.3 is 0 Å². The Hall–Kier alpha value is -0.810. The zero-order chi connectivity index (χ0) is 13.7. The van der Waals surface area contributed by atoms with Gasteiger partial charge in [0.05, 0.1) is 0 Å². The predicted molar refractivity (Wildman–Crippen MR) is 82.9 cm³/mol. The Morgan fingerprint density at radius 1 is 1.53 bits per heavy atom. The Balaban J connectivity index is 2.00. The van der Waals surface area contributed by atoms with E-state index in [1.807, 2.05) is 18.0 Å². The molecule has 0 radical (unpaired) electrons. The van der Waals surface area contributed by atoms with Gasteiger partial charge in [-0.15, -0.1) is 0 Å². The van der Waals surface area contributed by atoms with Crippen LogP contribution in [0.3, 0.4) is 0 Å². The predicted octanol–water partition coefficient (Wildman–Crippen LogP) is 2.23. The molecule has 0 aromatic carbocycles. The summed E-state index contributed by atoms with van der Waals surface area (Å²) in [7, 11) is 2.11. The quantitative estimate of drug-likeness (QED) is 0.809. The van der Waals surface area contributed by atoms with Gasteiger partial charge in [0.2, 0.25) is 5.95 Å². The first kappa shape index (κ1) is 14.6. The van der Waals surface area contributed by atoms with Crippen LogP contribution in [0, 0.1) is 6.92 Å². The van der Waals surface area contributed by atoms with Gasteiger partial charge in [0.15, 0.2) is 0 Å². The van der Waals surface area contributed by atoms with Gasteiger partial charge in [-0.25, -0.2) is 9.97 Å². The van der Waals surface area contributed by atoms with E-state index in [2.05, 4.69) is 41.1 Å². The maximum absolute atomic E-state index is 4.66. The molecule has 2 rings (SSSR count). The van der Waals surface area contributed by atoms with E-state index in [1.165, 1.54) is 23.5 Å². The van der Waals surface area contributed by atoms with Crippen LogP contribution in [0.5, 0.6) is 0 Å². The fourth-order valence-electron chi connectivity index (χ4n) is 2.21. The van der Waals surface area contributed by atoms with Crippen molar-refractivity contribution in [3.8, 4) is 0 Å². The second-order valence-electron chi connectivity index (χ2n) is 5.09. The van der Waals surface area contributed by atoms with Gasteiger partial charge in [0.25, 0.3) is 0 Å². The number of hydrogen-bond acceptors (Lipinski definition) is 5. The van der Waals surface area contributed by atoms with Gasteiger partial charge in [-0.05, 0) is 32.1 Å². The molecule has 0 spiro atoms. The standard InChI is InChI=1S/C14H24N4S/c1-4-6-15-8-12-9-16-14(17-11(12)2)18(3)13-5-7-19-10-13/h9,13,15H,4-8,10H2,1-3H3. The first-order chi connectivity index (χ1) is 9.22. The van der Waals surface area contributed by atoms with Crippen LogP contribution in [0.15, 0.2) is 6.20 Å². The van der Waals surface area contributed by atoms with Crippen molar-refractivity contribution in [3.05, 3.63) is 17.5 Å². The second kappa shape index (κ2) is 7.10. The summed E-state index contributed by atoms with van der Waals surface area (Å²) in [6.07, 6.45) is 4.36. The van der Waals surface area contributed by atoms with Gasteiger partial charge in [-0.3, -0.25) is 0 Å². The number of hydrogen-bond donors (Lipinski definition) is 1. The van der Waals surface area contributed by atoms with E-state index in [1.54, 1.807) is 0 Å². The molecule has 1 aliphatic heterocycles. The molecule has 0 saturated carbocycles. The monoisotopic (exact) mass is 280 g/mol. The van der Waals surface area contributed by atoms with E-state index < -0.39 is 0 Å². The molecule has 1 aromatic rings. The van der Waals surface area contributed by atoms with Crippen LogP contribution in [-0.2, 0) is 6.54 Å².